The van der Waals surface area contributed by atoms with Crippen LogP contribution in [0.25, 0.3) is 0 Å². The molecule has 7 nitrogen and oxygen atoms in total. The van der Waals surface area contributed by atoms with Crippen LogP contribution < -0.4 is 15.2 Å². The van der Waals surface area contributed by atoms with Gasteiger partial charge in [-0.2, -0.15) is 0 Å². The summed E-state index contributed by atoms with van der Waals surface area (Å²) in [5, 5.41) is 0.680. The lowest BCUT2D eigenvalue weighted by molar-refractivity contribution is -0.149. The molecule has 1 atom stereocenters. The van der Waals surface area contributed by atoms with E-state index in [1.807, 2.05) is 24.3 Å². The molecule has 2 N–H and O–H groups in total. The fraction of sp³-hybridized carbons (Fsp3) is 0.391. The van der Waals surface area contributed by atoms with E-state index in [4.69, 9.17) is 31.5 Å². The van der Waals surface area contributed by atoms with Gasteiger partial charge in [0.2, 0.25) is 0 Å². The minimum absolute atomic E-state index is 0.128. The van der Waals surface area contributed by atoms with Gasteiger partial charge in [-0.3, -0.25) is 14.5 Å². The van der Waals surface area contributed by atoms with Crippen molar-refractivity contribution >= 4 is 23.5 Å². The van der Waals surface area contributed by atoms with Crippen LogP contribution in [-0.2, 0) is 9.53 Å². The molecule has 0 saturated carbocycles. The van der Waals surface area contributed by atoms with Crippen molar-refractivity contribution in [3.8, 4) is 11.5 Å². The molecule has 1 amide bonds. The third kappa shape index (κ3) is 7.15. The summed E-state index contributed by atoms with van der Waals surface area (Å²) in [6.07, 6.45) is 1.39. The highest BCUT2D eigenvalue weighted by molar-refractivity contribution is 6.30. The lowest BCUT2D eigenvalue weighted by Gasteiger charge is -2.34. The Morgan fingerprint density at radius 2 is 1.81 bits per heavy atom. The Kier molecular flexibility index (Phi) is 8.14. The summed E-state index contributed by atoms with van der Waals surface area (Å²) in [4.78, 5) is 25.4. The van der Waals surface area contributed by atoms with Crippen LogP contribution in [0, 0.1) is 0 Å². The Balaban J connectivity index is 1.51. The standard InChI is InChI=1S/C23H27ClN2O5/c1-16(27)30-20(15-29-22-5-3-2-4-21(22)23(25)28)14-26-12-10-19(11-13-26)31-18-8-6-17(24)7-9-18/h2-9,19-20H,10-15H2,1H3,(H2,25,28). The molecule has 2 aromatic carbocycles. The molecule has 1 saturated heterocycles. The highest BCUT2D eigenvalue weighted by Crippen LogP contribution is 2.22. The monoisotopic (exact) mass is 446 g/mol. The first-order chi connectivity index (χ1) is 14.9. The number of carbonyl (C=O) groups is 2. The Labute approximate surface area is 187 Å². The maximum atomic E-state index is 11.6. The summed E-state index contributed by atoms with van der Waals surface area (Å²) in [5.41, 5.74) is 5.69. The van der Waals surface area contributed by atoms with Gasteiger partial charge in [0.25, 0.3) is 5.91 Å². The van der Waals surface area contributed by atoms with Gasteiger partial charge in [0.1, 0.15) is 30.3 Å². The summed E-state index contributed by atoms with van der Waals surface area (Å²) in [7, 11) is 0. The molecular formula is C23H27ClN2O5. The molecule has 1 fully saturated rings. The van der Waals surface area contributed by atoms with Crippen molar-refractivity contribution in [1.82, 2.24) is 4.90 Å². The number of rotatable bonds is 9. The third-order valence-corrected chi connectivity index (χ3v) is 5.27. The number of ether oxygens (including phenoxy) is 3. The molecule has 0 bridgehead atoms. The molecule has 8 heteroatoms. The molecular weight excluding hydrogens is 420 g/mol. The topological polar surface area (TPSA) is 91.1 Å². The number of hydrogen-bond acceptors (Lipinski definition) is 6. The second-order valence-corrected chi connectivity index (χ2v) is 7.91. The largest absolute Gasteiger partial charge is 0.490 e. The van der Waals surface area contributed by atoms with E-state index in [-0.39, 0.29) is 18.7 Å². The first kappa shape index (κ1) is 22.9. The van der Waals surface area contributed by atoms with Gasteiger partial charge < -0.3 is 19.9 Å². The van der Waals surface area contributed by atoms with Crippen LogP contribution >= 0.6 is 11.6 Å². The van der Waals surface area contributed by atoms with Gasteiger partial charge in [0.15, 0.2) is 0 Å². The van der Waals surface area contributed by atoms with E-state index in [1.165, 1.54) is 6.92 Å². The molecule has 31 heavy (non-hydrogen) atoms. The summed E-state index contributed by atoms with van der Waals surface area (Å²) < 4.78 is 17.2. The molecule has 1 heterocycles. The number of likely N-dealkylation sites (tertiary alicyclic amines) is 1. The first-order valence-corrected chi connectivity index (χ1v) is 10.6. The maximum absolute atomic E-state index is 11.6. The molecule has 0 aromatic heterocycles. The van der Waals surface area contributed by atoms with Crippen LogP contribution in [0.5, 0.6) is 11.5 Å². The summed E-state index contributed by atoms with van der Waals surface area (Å²) in [5.74, 6) is 0.240. The number of para-hydroxylation sites is 1. The van der Waals surface area contributed by atoms with E-state index in [0.717, 1.165) is 31.7 Å². The lowest BCUT2D eigenvalue weighted by Crippen LogP contribution is -2.44. The zero-order valence-electron chi connectivity index (χ0n) is 17.5. The number of halogens is 1. The molecule has 3 rings (SSSR count). The Morgan fingerprint density at radius 1 is 1.13 bits per heavy atom. The Morgan fingerprint density at radius 3 is 2.45 bits per heavy atom. The van der Waals surface area contributed by atoms with Gasteiger partial charge in [-0.25, -0.2) is 0 Å². The zero-order chi connectivity index (χ0) is 22.2. The molecule has 0 spiro atoms. The van der Waals surface area contributed by atoms with Crippen LogP contribution in [0.4, 0.5) is 0 Å². The van der Waals surface area contributed by atoms with Gasteiger partial charge in [-0.15, -0.1) is 0 Å². The normalized spacial score (nSPS) is 15.8. The predicted octanol–water partition coefficient (Wildman–Crippen LogP) is 3.29. The van der Waals surface area contributed by atoms with E-state index in [1.54, 1.807) is 24.3 Å². The second-order valence-electron chi connectivity index (χ2n) is 7.47. The first-order valence-electron chi connectivity index (χ1n) is 10.2. The van der Waals surface area contributed by atoms with Crippen molar-refractivity contribution in [3.05, 3.63) is 59.1 Å². The lowest BCUT2D eigenvalue weighted by atomic mass is 10.1. The molecule has 166 valence electrons. The smallest absolute Gasteiger partial charge is 0.303 e. The molecule has 0 aliphatic carbocycles. The number of amides is 1. The van der Waals surface area contributed by atoms with Gasteiger partial charge >= 0.3 is 5.97 Å². The summed E-state index contributed by atoms with van der Waals surface area (Å²) in [6.45, 7) is 3.66. The number of esters is 1. The van der Waals surface area contributed by atoms with Crippen molar-refractivity contribution in [2.75, 3.05) is 26.2 Å². The van der Waals surface area contributed by atoms with Crippen molar-refractivity contribution in [1.29, 1.82) is 0 Å². The minimum Gasteiger partial charge on any atom is -0.490 e. The van der Waals surface area contributed by atoms with Gasteiger partial charge in [0.05, 0.1) is 5.56 Å². The minimum atomic E-state index is -0.567. The summed E-state index contributed by atoms with van der Waals surface area (Å²) >= 11 is 5.92. The molecule has 1 aliphatic heterocycles. The van der Waals surface area contributed by atoms with E-state index in [9.17, 15) is 9.59 Å². The zero-order valence-corrected chi connectivity index (χ0v) is 18.2. The fourth-order valence-electron chi connectivity index (χ4n) is 3.54. The van der Waals surface area contributed by atoms with Crippen LogP contribution in [0.1, 0.15) is 30.1 Å². The summed E-state index contributed by atoms with van der Waals surface area (Å²) in [6, 6.07) is 14.1. The fourth-order valence-corrected chi connectivity index (χ4v) is 3.67. The van der Waals surface area contributed by atoms with Gasteiger partial charge in [-0.05, 0) is 49.2 Å². The van der Waals surface area contributed by atoms with E-state index < -0.39 is 12.0 Å². The number of carbonyl (C=O) groups excluding carboxylic acids is 2. The average Bonchev–Trinajstić information content (AvgIpc) is 2.75. The van der Waals surface area contributed by atoms with E-state index in [2.05, 4.69) is 4.90 Å². The number of hydrogen-bond donors (Lipinski definition) is 1. The molecule has 1 unspecified atom stereocenters. The molecule has 0 radical (unpaired) electrons. The number of piperidine rings is 1. The van der Waals surface area contributed by atoms with E-state index >= 15 is 0 Å². The van der Waals surface area contributed by atoms with Crippen LogP contribution in [-0.4, -0.2) is 55.2 Å². The second kappa shape index (κ2) is 11.0. The number of primary amides is 1. The quantitative estimate of drug-likeness (QED) is 0.594. The number of benzene rings is 2. The highest BCUT2D eigenvalue weighted by Gasteiger charge is 2.25. The Hall–Kier alpha value is -2.77. The van der Waals surface area contributed by atoms with Crippen molar-refractivity contribution < 1.29 is 23.8 Å². The SMILES string of the molecule is CC(=O)OC(COc1ccccc1C(N)=O)CN1CCC(Oc2ccc(Cl)cc2)CC1. The Bertz CT molecular complexity index is 882. The molecule has 1 aliphatic rings. The van der Waals surface area contributed by atoms with Gasteiger partial charge in [0, 0.05) is 31.6 Å². The van der Waals surface area contributed by atoms with E-state index in [0.29, 0.717) is 22.9 Å². The number of nitrogens with zero attached hydrogens (tertiary/aromatic N) is 1. The van der Waals surface area contributed by atoms with Crippen molar-refractivity contribution in [3.63, 3.8) is 0 Å². The predicted molar refractivity (Wildman–Crippen MR) is 118 cm³/mol. The third-order valence-electron chi connectivity index (χ3n) is 5.02. The molecule has 2 aromatic rings. The maximum Gasteiger partial charge on any atom is 0.303 e. The van der Waals surface area contributed by atoms with Crippen LogP contribution in [0.2, 0.25) is 5.02 Å². The average molecular weight is 447 g/mol. The van der Waals surface area contributed by atoms with Crippen LogP contribution in [0.15, 0.2) is 48.5 Å². The number of nitrogens with two attached hydrogens (primary N) is 1. The van der Waals surface area contributed by atoms with Crippen molar-refractivity contribution in [2.45, 2.75) is 32.0 Å². The van der Waals surface area contributed by atoms with Gasteiger partial charge in [-0.1, -0.05) is 23.7 Å². The van der Waals surface area contributed by atoms with Crippen LogP contribution in [0.3, 0.4) is 0 Å². The van der Waals surface area contributed by atoms with Crippen molar-refractivity contribution in [2.24, 2.45) is 5.73 Å². The highest BCUT2D eigenvalue weighted by atomic mass is 35.5.